The second-order valence-electron chi connectivity index (χ2n) is 3.55. The van der Waals surface area contributed by atoms with Crippen LogP contribution in [-0.2, 0) is 6.61 Å². The van der Waals surface area contributed by atoms with Gasteiger partial charge in [-0.15, -0.1) is 0 Å². The Balaban J connectivity index is 2.51. The lowest BCUT2D eigenvalue weighted by Crippen LogP contribution is -1.93. The molecule has 0 bridgehead atoms. The zero-order valence-electron chi connectivity index (χ0n) is 9.35. The van der Waals surface area contributed by atoms with E-state index in [9.17, 15) is 9.50 Å². The quantitative estimate of drug-likeness (QED) is 0.828. The molecule has 0 fully saturated rings. The summed E-state index contributed by atoms with van der Waals surface area (Å²) in [6, 6.07) is 8.25. The molecule has 3 nitrogen and oxygen atoms in total. The molecule has 4 heteroatoms. The molecule has 0 saturated heterocycles. The summed E-state index contributed by atoms with van der Waals surface area (Å²) >= 11 is 0. The van der Waals surface area contributed by atoms with Crippen molar-refractivity contribution in [2.24, 2.45) is 0 Å². The molecular formula is C13H12FNO2. The second kappa shape index (κ2) is 4.93. The number of ether oxygens (including phenoxy) is 1. The molecule has 1 heterocycles. The molecule has 2 rings (SSSR count). The van der Waals surface area contributed by atoms with Gasteiger partial charge >= 0.3 is 0 Å². The third-order valence-electron chi connectivity index (χ3n) is 2.53. The largest absolute Gasteiger partial charge is 0.497 e. The summed E-state index contributed by atoms with van der Waals surface area (Å²) < 4.78 is 17.9. The van der Waals surface area contributed by atoms with Gasteiger partial charge in [-0.3, -0.25) is 0 Å². The molecule has 88 valence electrons. The first-order valence-corrected chi connectivity index (χ1v) is 5.14. The monoisotopic (exact) mass is 233 g/mol. The molecule has 0 saturated carbocycles. The Bertz CT molecular complexity index is 511. The highest BCUT2D eigenvalue weighted by Gasteiger charge is 2.07. The van der Waals surface area contributed by atoms with E-state index in [0.717, 1.165) is 16.7 Å². The standard InChI is InChI=1S/C13H12FNO2/c1-17-11-4-2-10(8-16)12(6-11)9-3-5-13(14)15-7-9/h2-7,16H,8H2,1H3. The molecule has 1 aromatic heterocycles. The van der Waals surface area contributed by atoms with Crippen molar-refractivity contribution in [3.8, 4) is 16.9 Å². The number of hydrogen-bond donors (Lipinski definition) is 1. The van der Waals surface area contributed by atoms with Crippen LogP contribution in [0.15, 0.2) is 36.5 Å². The maximum atomic E-state index is 12.7. The van der Waals surface area contributed by atoms with Crippen LogP contribution in [0.3, 0.4) is 0 Å². The summed E-state index contributed by atoms with van der Waals surface area (Å²) in [5, 5.41) is 9.26. The number of pyridine rings is 1. The summed E-state index contributed by atoms with van der Waals surface area (Å²) in [6.07, 6.45) is 1.43. The van der Waals surface area contributed by atoms with Gasteiger partial charge in [-0.1, -0.05) is 6.07 Å². The van der Waals surface area contributed by atoms with Crippen LogP contribution in [0.4, 0.5) is 4.39 Å². The average molecular weight is 233 g/mol. The summed E-state index contributed by atoms with van der Waals surface area (Å²) in [6.45, 7) is -0.0866. The lowest BCUT2D eigenvalue weighted by molar-refractivity contribution is 0.282. The molecule has 0 unspecified atom stereocenters. The van der Waals surface area contributed by atoms with Gasteiger partial charge < -0.3 is 9.84 Å². The number of benzene rings is 1. The normalized spacial score (nSPS) is 10.3. The minimum atomic E-state index is -0.526. The third-order valence-corrected chi connectivity index (χ3v) is 2.53. The highest BCUT2D eigenvalue weighted by Crippen LogP contribution is 2.27. The molecule has 0 atom stereocenters. The first-order chi connectivity index (χ1) is 8.24. The summed E-state index contributed by atoms with van der Waals surface area (Å²) in [5.74, 6) is 0.156. The Morgan fingerprint density at radius 2 is 2.12 bits per heavy atom. The van der Waals surface area contributed by atoms with E-state index >= 15 is 0 Å². The van der Waals surface area contributed by atoms with Gasteiger partial charge in [0.2, 0.25) is 5.95 Å². The zero-order valence-corrected chi connectivity index (χ0v) is 9.35. The molecule has 0 aliphatic carbocycles. The van der Waals surface area contributed by atoms with E-state index in [4.69, 9.17) is 4.74 Å². The molecule has 0 aliphatic rings. The van der Waals surface area contributed by atoms with Crippen molar-refractivity contribution in [2.45, 2.75) is 6.61 Å². The van der Waals surface area contributed by atoms with E-state index in [2.05, 4.69) is 4.98 Å². The maximum Gasteiger partial charge on any atom is 0.212 e. The van der Waals surface area contributed by atoms with Crippen molar-refractivity contribution in [2.75, 3.05) is 7.11 Å². The molecular weight excluding hydrogens is 221 g/mol. The summed E-state index contributed by atoms with van der Waals surface area (Å²) in [4.78, 5) is 3.60. The fourth-order valence-electron chi connectivity index (χ4n) is 1.62. The number of aliphatic hydroxyl groups is 1. The zero-order chi connectivity index (χ0) is 12.3. The maximum absolute atomic E-state index is 12.7. The molecule has 1 aromatic carbocycles. The first kappa shape index (κ1) is 11.5. The molecule has 2 aromatic rings. The predicted molar refractivity (Wildman–Crippen MR) is 62.1 cm³/mol. The average Bonchev–Trinajstić information content (AvgIpc) is 2.39. The van der Waals surface area contributed by atoms with Crippen LogP contribution in [0, 0.1) is 5.95 Å². The Morgan fingerprint density at radius 3 is 2.71 bits per heavy atom. The van der Waals surface area contributed by atoms with Crippen LogP contribution in [-0.4, -0.2) is 17.2 Å². The van der Waals surface area contributed by atoms with E-state index in [1.807, 2.05) is 0 Å². The van der Waals surface area contributed by atoms with Gasteiger partial charge in [0.15, 0.2) is 0 Å². The number of rotatable bonds is 3. The van der Waals surface area contributed by atoms with Crippen molar-refractivity contribution in [1.82, 2.24) is 4.98 Å². The Morgan fingerprint density at radius 1 is 1.29 bits per heavy atom. The van der Waals surface area contributed by atoms with Crippen LogP contribution >= 0.6 is 0 Å². The number of aromatic nitrogens is 1. The van der Waals surface area contributed by atoms with Crippen molar-refractivity contribution in [3.05, 3.63) is 48.0 Å². The van der Waals surface area contributed by atoms with Gasteiger partial charge in [-0.05, 0) is 35.4 Å². The number of hydrogen-bond acceptors (Lipinski definition) is 3. The van der Waals surface area contributed by atoms with Crippen molar-refractivity contribution >= 4 is 0 Å². The van der Waals surface area contributed by atoms with Crippen molar-refractivity contribution in [1.29, 1.82) is 0 Å². The van der Waals surface area contributed by atoms with Gasteiger partial charge in [-0.25, -0.2) is 4.98 Å². The van der Waals surface area contributed by atoms with Crippen LogP contribution in [0.5, 0.6) is 5.75 Å². The van der Waals surface area contributed by atoms with Crippen LogP contribution in [0.2, 0.25) is 0 Å². The van der Waals surface area contributed by atoms with Crippen molar-refractivity contribution < 1.29 is 14.2 Å². The number of halogens is 1. The second-order valence-corrected chi connectivity index (χ2v) is 3.55. The molecule has 0 radical (unpaired) electrons. The highest BCUT2D eigenvalue weighted by molar-refractivity contribution is 5.68. The Kier molecular flexibility index (Phi) is 3.35. The van der Waals surface area contributed by atoms with E-state index in [0.29, 0.717) is 5.75 Å². The Labute approximate surface area is 98.5 Å². The van der Waals surface area contributed by atoms with E-state index in [1.165, 1.54) is 12.3 Å². The van der Waals surface area contributed by atoms with Gasteiger partial charge in [0.25, 0.3) is 0 Å². The smallest absolute Gasteiger partial charge is 0.212 e. The Hall–Kier alpha value is -1.94. The minimum absolute atomic E-state index is 0.0866. The molecule has 17 heavy (non-hydrogen) atoms. The lowest BCUT2D eigenvalue weighted by atomic mass is 10.0. The van der Waals surface area contributed by atoms with Crippen LogP contribution in [0.25, 0.3) is 11.1 Å². The highest BCUT2D eigenvalue weighted by atomic mass is 19.1. The minimum Gasteiger partial charge on any atom is -0.497 e. The van der Waals surface area contributed by atoms with Gasteiger partial charge in [0, 0.05) is 11.8 Å². The van der Waals surface area contributed by atoms with Crippen LogP contribution < -0.4 is 4.74 Å². The van der Waals surface area contributed by atoms with Gasteiger partial charge in [-0.2, -0.15) is 4.39 Å². The molecule has 0 amide bonds. The van der Waals surface area contributed by atoms with E-state index in [-0.39, 0.29) is 6.61 Å². The van der Waals surface area contributed by atoms with Crippen LogP contribution in [0.1, 0.15) is 5.56 Å². The number of methoxy groups -OCH3 is 1. The molecule has 0 spiro atoms. The third kappa shape index (κ3) is 2.42. The van der Waals surface area contributed by atoms with E-state index < -0.39 is 5.95 Å². The topological polar surface area (TPSA) is 42.4 Å². The lowest BCUT2D eigenvalue weighted by Gasteiger charge is -2.09. The van der Waals surface area contributed by atoms with E-state index in [1.54, 1.807) is 31.4 Å². The summed E-state index contributed by atoms with van der Waals surface area (Å²) in [7, 11) is 1.57. The van der Waals surface area contributed by atoms with Gasteiger partial charge in [0.05, 0.1) is 13.7 Å². The van der Waals surface area contributed by atoms with Gasteiger partial charge in [0.1, 0.15) is 5.75 Å². The fourth-order valence-corrected chi connectivity index (χ4v) is 1.62. The predicted octanol–water partition coefficient (Wildman–Crippen LogP) is 2.39. The molecule has 1 N–H and O–H groups in total. The van der Waals surface area contributed by atoms with Crippen molar-refractivity contribution in [3.63, 3.8) is 0 Å². The number of aliphatic hydroxyl groups excluding tert-OH is 1. The SMILES string of the molecule is COc1ccc(CO)c(-c2ccc(F)nc2)c1. The number of nitrogens with zero attached hydrogens (tertiary/aromatic N) is 1. The summed E-state index contributed by atoms with van der Waals surface area (Å²) in [5.41, 5.74) is 2.29. The first-order valence-electron chi connectivity index (χ1n) is 5.14. The molecule has 0 aliphatic heterocycles. The fraction of sp³-hybridized carbons (Fsp3) is 0.154.